The summed E-state index contributed by atoms with van der Waals surface area (Å²) in [7, 11) is 0. The number of hydrogen-bond donors (Lipinski definition) is 2. The van der Waals surface area contributed by atoms with Crippen LogP contribution >= 0.6 is 15.9 Å². The Labute approximate surface area is 107 Å². The number of nitrogens with one attached hydrogen (secondary N) is 1. The van der Waals surface area contributed by atoms with Crippen LogP contribution < -0.4 is 5.32 Å². The molecule has 17 heavy (non-hydrogen) atoms. The molecule has 2 heterocycles. The van der Waals surface area contributed by atoms with Crippen LogP contribution in [0.4, 0.5) is 0 Å². The molecule has 2 N–H and O–H groups in total. The molecular formula is C12H12BrN3O. The standard InChI is InChI=1S/C12H12BrN3O/c13-8-1-3-9(4-2-8)16-12(7-17)10-5-14-6-11(10)15-16/h1-4,14,17H,5-7H2. The van der Waals surface area contributed by atoms with Gasteiger partial charge in [-0.25, -0.2) is 4.68 Å². The van der Waals surface area contributed by atoms with E-state index in [9.17, 15) is 5.11 Å². The normalized spacial score (nSPS) is 14.0. The van der Waals surface area contributed by atoms with Crippen molar-refractivity contribution in [2.75, 3.05) is 0 Å². The summed E-state index contributed by atoms with van der Waals surface area (Å²) in [4.78, 5) is 0. The van der Waals surface area contributed by atoms with Crippen molar-refractivity contribution in [2.24, 2.45) is 0 Å². The number of aliphatic hydroxyl groups excluding tert-OH is 1. The molecule has 0 aliphatic carbocycles. The molecule has 0 saturated heterocycles. The Morgan fingerprint density at radius 2 is 2.06 bits per heavy atom. The molecule has 4 nitrogen and oxygen atoms in total. The second-order valence-electron chi connectivity index (χ2n) is 4.02. The van der Waals surface area contributed by atoms with Gasteiger partial charge in [0.05, 0.1) is 23.7 Å². The first-order valence-corrected chi connectivity index (χ1v) is 6.26. The summed E-state index contributed by atoms with van der Waals surface area (Å²) in [6, 6.07) is 7.92. The van der Waals surface area contributed by atoms with E-state index < -0.39 is 0 Å². The number of benzene rings is 1. The SMILES string of the molecule is OCc1c2c(nn1-c1ccc(Br)cc1)CNC2. The fourth-order valence-corrected chi connectivity index (χ4v) is 2.41. The van der Waals surface area contributed by atoms with Crippen LogP contribution in [0.2, 0.25) is 0 Å². The summed E-state index contributed by atoms with van der Waals surface area (Å²) in [6.07, 6.45) is 0. The monoisotopic (exact) mass is 293 g/mol. The highest BCUT2D eigenvalue weighted by atomic mass is 79.9. The third-order valence-corrected chi connectivity index (χ3v) is 3.52. The maximum absolute atomic E-state index is 9.49. The molecule has 0 amide bonds. The van der Waals surface area contributed by atoms with Gasteiger partial charge >= 0.3 is 0 Å². The third-order valence-electron chi connectivity index (χ3n) is 2.99. The van der Waals surface area contributed by atoms with Crippen molar-refractivity contribution in [2.45, 2.75) is 19.7 Å². The van der Waals surface area contributed by atoms with Gasteiger partial charge in [-0.1, -0.05) is 15.9 Å². The highest BCUT2D eigenvalue weighted by Crippen LogP contribution is 2.23. The van der Waals surface area contributed by atoms with Gasteiger partial charge in [0.2, 0.25) is 0 Å². The average Bonchev–Trinajstić information content (AvgIpc) is 2.89. The van der Waals surface area contributed by atoms with Crippen molar-refractivity contribution in [3.63, 3.8) is 0 Å². The van der Waals surface area contributed by atoms with Crippen LogP contribution in [0.1, 0.15) is 17.0 Å². The van der Waals surface area contributed by atoms with E-state index in [1.165, 1.54) is 0 Å². The van der Waals surface area contributed by atoms with Gasteiger partial charge in [0.25, 0.3) is 0 Å². The van der Waals surface area contributed by atoms with E-state index in [-0.39, 0.29) is 6.61 Å². The topological polar surface area (TPSA) is 50.1 Å². The van der Waals surface area contributed by atoms with Crippen molar-refractivity contribution in [1.82, 2.24) is 15.1 Å². The second-order valence-corrected chi connectivity index (χ2v) is 4.94. The Morgan fingerprint density at radius 1 is 1.29 bits per heavy atom. The molecule has 1 aliphatic heterocycles. The van der Waals surface area contributed by atoms with E-state index in [0.717, 1.165) is 40.2 Å². The molecule has 0 bridgehead atoms. The Hall–Kier alpha value is -1.17. The number of rotatable bonds is 2. The fourth-order valence-electron chi connectivity index (χ4n) is 2.15. The van der Waals surface area contributed by atoms with Crippen LogP contribution in [-0.4, -0.2) is 14.9 Å². The largest absolute Gasteiger partial charge is 0.390 e. The zero-order chi connectivity index (χ0) is 11.8. The predicted molar refractivity (Wildman–Crippen MR) is 67.7 cm³/mol. The van der Waals surface area contributed by atoms with Gasteiger partial charge in [0, 0.05) is 23.1 Å². The van der Waals surface area contributed by atoms with Crippen molar-refractivity contribution in [1.29, 1.82) is 0 Å². The molecule has 0 unspecified atom stereocenters. The number of hydrogen-bond acceptors (Lipinski definition) is 3. The number of aliphatic hydroxyl groups is 1. The third kappa shape index (κ3) is 1.80. The zero-order valence-electron chi connectivity index (χ0n) is 9.15. The molecule has 2 aromatic rings. The van der Waals surface area contributed by atoms with Crippen LogP contribution in [0.5, 0.6) is 0 Å². The molecule has 1 aromatic carbocycles. The lowest BCUT2D eigenvalue weighted by Crippen LogP contribution is -2.09. The quantitative estimate of drug-likeness (QED) is 0.887. The first-order chi connectivity index (χ1) is 8.29. The molecule has 3 rings (SSSR count). The van der Waals surface area contributed by atoms with E-state index in [0.29, 0.717) is 0 Å². The van der Waals surface area contributed by atoms with E-state index in [4.69, 9.17) is 0 Å². The number of fused-ring (bicyclic) bond motifs is 1. The Balaban J connectivity index is 2.11. The Kier molecular flexibility index (Phi) is 2.74. The molecule has 0 radical (unpaired) electrons. The van der Waals surface area contributed by atoms with Gasteiger partial charge in [-0.2, -0.15) is 5.10 Å². The smallest absolute Gasteiger partial charge is 0.0857 e. The van der Waals surface area contributed by atoms with Gasteiger partial charge in [0.1, 0.15) is 0 Å². The first kappa shape index (κ1) is 11.0. The lowest BCUT2D eigenvalue weighted by atomic mass is 10.2. The second kappa shape index (κ2) is 4.25. The van der Waals surface area contributed by atoms with Crippen molar-refractivity contribution in [3.8, 4) is 5.69 Å². The van der Waals surface area contributed by atoms with Crippen molar-refractivity contribution in [3.05, 3.63) is 45.7 Å². The van der Waals surface area contributed by atoms with Gasteiger partial charge in [-0.15, -0.1) is 0 Å². The molecule has 0 fully saturated rings. The zero-order valence-corrected chi connectivity index (χ0v) is 10.7. The van der Waals surface area contributed by atoms with Gasteiger partial charge < -0.3 is 10.4 Å². The first-order valence-electron chi connectivity index (χ1n) is 5.47. The van der Waals surface area contributed by atoms with Crippen LogP contribution in [0.25, 0.3) is 5.69 Å². The molecule has 0 spiro atoms. The predicted octanol–water partition coefficient (Wildman–Crippen LogP) is 1.73. The molecule has 5 heteroatoms. The summed E-state index contributed by atoms with van der Waals surface area (Å²) in [5.74, 6) is 0. The summed E-state index contributed by atoms with van der Waals surface area (Å²) >= 11 is 3.41. The molecule has 88 valence electrons. The lowest BCUT2D eigenvalue weighted by molar-refractivity contribution is 0.271. The van der Waals surface area contributed by atoms with E-state index in [2.05, 4.69) is 26.3 Å². The van der Waals surface area contributed by atoms with Crippen molar-refractivity contribution >= 4 is 15.9 Å². The van der Waals surface area contributed by atoms with Crippen LogP contribution in [0.3, 0.4) is 0 Å². The molecule has 0 atom stereocenters. The Bertz CT molecular complexity index is 548. The molecule has 0 saturated carbocycles. The highest BCUT2D eigenvalue weighted by Gasteiger charge is 2.21. The minimum atomic E-state index is 0.0140. The number of halogens is 1. The van der Waals surface area contributed by atoms with Gasteiger partial charge in [0.15, 0.2) is 0 Å². The molecular weight excluding hydrogens is 282 g/mol. The minimum absolute atomic E-state index is 0.0140. The summed E-state index contributed by atoms with van der Waals surface area (Å²) in [6.45, 7) is 1.59. The lowest BCUT2D eigenvalue weighted by Gasteiger charge is -2.07. The average molecular weight is 294 g/mol. The number of nitrogens with zero attached hydrogens (tertiary/aromatic N) is 2. The van der Waals surface area contributed by atoms with Crippen LogP contribution in [0.15, 0.2) is 28.7 Å². The maximum atomic E-state index is 9.49. The van der Waals surface area contributed by atoms with E-state index in [1.807, 2.05) is 28.9 Å². The highest BCUT2D eigenvalue weighted by molar-refractivity contribution is 9.10. The van der Waals surface area contributed by atoms with Crippen LogP contribution in [-0.2, 0) is 19.7 Å². The summed E-state index contributed by atoms with van der Waals surface area (Å²) in [5.41, 5.74) is 4.03. The van der Waals surface area contributed by atoms with E-state index in [1.54, 1.807) is 0 Å². The van der Waals surface area contributed by atoms with Crippen LogP contribution in [0, 0.1) is 0 Å². The summed E-state index contributed by atoms with van der Waals surface area (Å²) < 4.78 is 2.87. The van der Waals surface area contributed by atoms with Gasteiger partial charge in [-0.3, -0.25) is 0 Å². The molecule has 1 aliphatic rings. The Morgan fingerprint density at radius 3 is 2.76 bits per heavy atom. The fraction of sp³-hybridized carbons (Fsp3) is 0.250. The van der Waals surface area contributed by atoms with Gasteiger partial charge in [-0.05, 0) is 24.3 Å². The number of aromatic nitrogens is 2. The minimum Gasteiger partial charge on any atom is -0.390 e. The van der Waals surface area contributed by atoms with E-state index >= 15 is 0 Å². The molecule has 1 aromatic heterocycles. The summed E-state index contributed by atoms with van der Waals surface area (Å²) in [5, 5.41) is 17.3. The van der Waals surface area contributed by atoms with Crippen molar-refractivity contribution < 1.29 is 5.11 Å². The maximum Gasteiger partial charge on any atom is 0.0857 e.